The Kier molecular flexibility index (Phi) is 4.68. The molecule has 1 aliphatic rings. The van der Waals surface area contributed by atoms with Crippen LogP contribution in [0.2, 0.25) is 0 Å². The maximum atomic E-state index is 11.1. The number of carbonyl (C=O) groups excluding carboxylic acids is 1. The molecule has 2 atom stereocenters. The normalized spacial score (nSPS) is 26.3. The zero-order chi connectivity index (χ0) is 9.68. The van der Waals surface area contributed by atoms with Gasteiger partial charge in [-0.25, -0.2) is 0 Å². The van der Waals surface area contributed by atoms with Gasteiger partial charge in [-0.1, -0.05) is 6.42 Å². The van der Waals surface area contributed by atoms with Crippen LogP contribution in [0.15, 0.2) is 0 Å². The molecule has 1 N–H and O–H groups in total. The molecule has 1 aliphatic carbocycles. The maximum absolute atomic E-state index is 11.1. The summed E-state index contributed by atoms with van der Waals surface area (Å²) in [4.78, 5) is 13.6. The van der Waals surface area contributed by atoms with Crippen molar-refractivity contribution in [2.45, 2.75) is 30.6 Å². The van der Waals surface area contributed by atoms with Crippen LogP contribution in [0.4, 0.5) is 0 Å². The minimum atomic E-state index is -0.178. The fourth-order valence-electron chi connectivity index (χ4n) is 1.62. The quantitative estimate of drug-likeness (QED) is 0.768. The monoisotopic (exact) mass is 261 g/mol. The molecule has 0 bridgehead atoms. The van der Waals surface area contributed by atoms with Crippen LogP contribution in [0.5, 0.6) is 0 Å². The highest BCUT2D eigenvalue weighted by Gasteiger charge is 2.27. The number of amides is 1. The van der Waals surface area contributed by atoms with Gasteiger partial charge in [0.1, 0.15) is 0 Å². The van der Waals surface area contributed by atoms with Crippen molar-refractivity contribution in [1.29, 1.82) is 0 Å². The molecule has 4 heteroatoms. The Hall–Kier alpha value is -0.140. The Morgan fingerprint density at radius 1 is 1.62 bits per heavy atom. The van der Waals surface area contributed by atoms with Crippen molar-refractivity contribution in [3.63, 3.8) is 0 Å². The van der Waals surface area contributed by atoms with Gasteiger partial charge < -0.3 is 5.32 Å². The van der Waals surface area contributed by atoms with Gasteiger partial charge in [-0.3, -0.25) is 4.79 Å². The van der Waals surface area contributed by atoms with Gasteiger partial charge in [0.25, 0.3) is 5.91 Å². The summed E-state index contributed by atoms with van der Waals surface area (Å²) < 4.78 is 0. The number of thioether (sulfide) groups is 1. The molecule has 0 radical (unpaired) electrons. The lowest BCUT2D eigenvalue weighted by Gasteiger charge is -2.17. The lowest BCUT2D eigenvalue weighted by Crippen LogP contribution is -2.37. The molecule has 0 spiro atoms. The molecular weight excluding hydrogens is 250 g/mol. The Labute approximate surface area is 91.4 Å². The van der Waals surface area contributed by atoms with E-state index in [2.05, 4.69) is 38.3 Å². The molecule has 1 saturated carbocycles. The van der Waals surface area contributed by atoms with Crippen molar-refractivity contribution in [1.82, 2.24) is 5.32 Å². The number of hydrogen-bond donors (Lipinski definition) is 1. The van der Waals surface area contributed by atoms with Gasteiger partial charge in [-0.05, 0) is 23.9 Å². The fraction of sp³-hybridized carbons (Fsp3) is 0.667. The summed E-state index contributed by atoms with van der Waals surface area (Å²) in [6.45, 7) is 0. The molecule has 0 aromatic heterocycles. The number of halogens is 1. The van der Waals surface area contributed by atoms with Crippen LogP contribution in [0.1, 0.15) is 19.3 Å². The summed E-state index contributed by atoms with van der Waals surface area (Å²) >= 11 is 4.73. The summed E-state index contributed by atoms with van der Waals surface area (Å²) in [6.07, 6.45) is 5.58. The first kappa shape index (κ1) is 10.9. The predicted molar refractivity (Wildman–Crippen MR) is 59.8 cm³/mol. The van der Waals surface area contributed by atoms with Crippen molar-refractivity contribution in [2.75, 3.05) is 6.26 Å². The van der Waals surface area contributed by atoms with E-state index in [0.29, 0.717) is 11.3 Å². The first-order valence-corrected chi connectivity index (χ1v) is 6.31. The van der Waals surface area contributed by atoms with E-state index in [1.165, 1.54) is 12.8 Å². The van der Waals surface area contributed by atoms with E-state index >= 15 is 0 Å². The molecule has 0 aromatic rings. The van der Waals surface area contributed by atoms with Crippen LogP contribution in [0.3, 0.4) is 0 Å². The van der Waals surface area contributed by atoms with Crippen LogP contribution >= 0.6 is 27.7 Å². The second-order valence-corrected chi connectivity index (χ2v) is 4.48. The molecule has 2 nitrogen and oxygen atoms in total. The zero-order valence-electron chi connectivity index (χ0n) is 7.47. The Balaban J connectivity index is 2.42. The standard InChI is InChI=1S/C9H12BrNOS/c1-13-8-4-2-3-7(8)11-9(12)5-6-10/h7-8H,2-4H2,1H3,(H,11,12). The molecule has 0 aliphatic heterocycles. The van der Waals surface area contributed by atoms with E-state index in [9.17, 15) is 4.79 Å². The fourth-order valence-corrected chi connectivity index (χ4v) is 2.74. The summed E-state index contributed by atoms with van der Waals surface area (Å²) in [6, 6.07) is 0.316. The van der Waals surface area contributed by atoms with Crippen LogP contribution in [-0.2, 0) is 4.79 Å². The molecular formula is C9H12BrNOS. The summed E-state index contributed by atoms with van der Waals surface area (Å²) in [5.41, 5.74) is 0. The minimum absolute atomic E-state index is 0.178. The second-order valence-electron chi connectivity index (χ2n) is 3.00. The third-order valence-electron chi connectivity index (χ3n) is 2.23. The van der Waals surface area contributed by atoms with Crippen LogP contribution in [0, 0.1) is 10.8 Å². The number of nitrogens with one attached hydrogen (secondary N) is 1. The highest BCUT2D eigenvalue weighted by molar-refractivity contribution is 9.12. The lowest BCUT2D eigenvalue weighted by atomic mass is 10.2. The third-order valence-corrected chi connectivity index (χ3v) is 3.60. The van der Waals surface area contributed by atoms with Gasteiger partial charge in [-0.15, -0.1) is 0 Å². The van der Waals surface area contributed by atoms with Crippen molar-refractivity contribution < 1.29 is 4.79 Å². The number of rotatable bonds is 2. The van der Waals surface area contributed by atoms with Gasteiger partial charge in [-0.2, -0.15) is 11.8 Å². The Morgan fingerprint density at radius 2 is 2.38 bits per heavy atom. The minimum Gasteiger partial charge on any atom is -0.341 e. The summed E-state index contributed by atoms with van der Waals surface area (Å²) in [5.74, 6) is 2.25. The van der Waals surface area contributed by atoms with Gasteiger partial charge >= 0.3 is 0 Å². The highest BCUT2D eigenvalue weighted by atomic mass is 79.9. The van der Waals surface area contributed by atoms with E-state index in [0.717, 1.165) is 6.42 Å². The summed E-state index contributed by atoms with van der Waals surface area (Å²) in [7, 11) is 0. The predicted octanol–water partition coefficient (Wildman–Crippen LogP) is 1.74. The van der Waals surface area contributed by atoms with Crippen LogP contribution in [-0.4, -0.2) is 23.5 Å². The molecule has 1 fully saturated rings. The van der Waals surface area contributed by atoms with E-state index in [1.807, 2.05) is 11.8 Å². The second kappa shape index (κ2) is 5.56. The number of carbonyl (C=O) groups is 1. The molecule has 1 amide bonds. The van der Waals surface area contributed by atoms with E-state index in [4.69, 9.17) is 0 Å². The lowest BCUT2D eigenvalue weighted by molar-refractivity contribution is -0.116. The average molecular weight is 262 g/mol. The van der Waals surface area contributed by atoms with Crippen molar-refractivity contribution >= 4 is 33.6 Å². The highest BCUT2D eigenvalue weighted by Crippen LogP contribution is 2.28. The molecule has 0 heterocycles. The van der Waals surface area contributed by atoms with Crippen molar-refractivity contribution in [3.05, 3.63) is 0 Å². The van der Waals surface area contributed by atoms with E-state index in [1.54, 1.807) is 0 Å². The van der Waals surface area contributed by atoms with Crippen molar-refractivity contribution in [3.8, 4) is 10.8 Å². The Morgan fingerprint density at radius 3 is 3.00 bits per heavy atom. The topological polar surface area (TPSA) is 29.1 Å². The summed E-state index contributed by atoms with van der Waals surface area (Å²) in [5, 5.41) is 3.49. The molecule has 0 saturated heterocycles. The van der Waals surface area contributed by atoms with Crippen LogP contribution in [0.25, 0.3) is 0 Å². The van der Waals surface area contributed by atoms with Crippen molar-refractivity contribution in [2.24, 2.45) is 0 Å². The first-order chi connectivity index (χ1) is 6.27. The Bertz CT molecular complexity index is 246. The zero-order valence-corrected chi connectivity index (χ0v) is 9.87. The van der Waals surface area contributed by atoms with Gasteiger partial charge in [0, 0.05) is 33.1 Å². The molecule has 0 aromatic carbocycles. The maximum Gasteiger partial charge on any atom is 0.297 e. The number of hydrogen-bond acceptors (Lipinski definition) is 2. The third kappa shape index (κ3) is 3.24. The molecule has 13 heavy (non-hydrogen) atoms. The van der Waals surface area contributed by atoms with Crippen LogP contribution < -0.4 is 5.32 Å². The molecule has 1 rings (SSSR count). The van der Waals surface area contributed by atoms with Gasteiger partial charge in [0.05, 0.1) is 0 Å². The molecule has 2 unspecified atom stereocenters. The SMILES string of the molecule is CSC1CCCC1NC(=O)C#CBr. The molecule has 72 valence electrons. The smallest absolute Gasteiger partial charge is 0.297 e. The van der Waals surface area contributed by atoms with E-state index < -0.39 is 0 Å². The van der Waals surface area contributed by atoms with Gasteiger partial charge in [0.2, 0.25) is 0 Å². The first-order valence-electron chi connectivity index (χ1n) is 4.23. The average Bonchev–Trinajstić information content (AvgIpc) is 2.52. The van der Waals surface area contributed by atoms with E-state index in [-0.39, 0.29) is 5.91 Å². The van der Waals surface area contributed by atoms with Gasteiger partial charge in [0.15, 0.2) is 0 Å². The largest absolute Gasteiger partial charge is 0.341 e.